The second-order valence-electron chi connectivity index (χ2n) is 7.65. The smallest absolute Gasteiger partial charge is 0.262 e. The molecular formula is C18H18N2O4. The minimum absolute atomic E-state index is 0.184. The predicted molar refractivity (Wildman–Crippen MR) is 84.2 cm³/mol. The first-order valence-electron chi connectivity index (χ1n) is 8.08. The number of piperidine rings is 1. The van der Waals surface area contributed by atoms with Gasteiger partial charge in [0.25, 0.3) is 11.8 Å². The maximum absolute atomic E-state index is 12.9. The normalized spacial score (nSPS) is 29.9. The Morgan fingerprint density at radius 3 is 2.04 bits per heavy atom. The molecule has 1 unspecified atom stereocenters. The van der Waals surface area contributed by atoms with E-state index in [9.17, 15) is 19.2 Å². The van der Waals surface area contributed by atoms with Crippen LogP contribution in [0.3, 0.4) is 0 Å². The first-order valence-corrected chi connectivity index (χ1v) is 8.08. The summed E-state index contributed by atoms with van der Waals surface area (Å²) in [5.74, 6) is -1.77. The number of rotatable bonds is 1. The zero-order chi connectivity index (χ0) is 17.3. The van der Waals surface area contributed by atoms with E-state index >= 15 is 0 Å². The fourth-order valence-corrected chi connectivity index (χ4v) is 3.74. The van der Waals surface area contributed by atoms with E-state index in [1.807, 2.05) is 26.0 Å². The van der Waals surface area contributed by atoms with Gasteiger partial charge in [0.15, 0.2) is 0 Å². The highest BCUT2D eigenvalue weighted by Crippen LogP contribution is 2.55. The summed E-state index contributed by atoms with van der Waals surface area (Å²) in [7, 11) is 0. The summed E-state index contributed by atoms with van der Waals surface area (Å²) in [5, 5.41) is 2.27. The molecule has 2 heterocycles. The molecule has 4 rings (SSSR count). The van der Waals surface area contributed by atoms with Crippen LogP contribution in [0.1, 0.15) is 33.1 Å². The molecular weight excluding hydrogens is 308 g/mol. The first kappa shape index (κ1) is 15.1. The van der Waals surface area contributed by atoms with Crippen LogP contribution in [0, 0.1) is 10.8 Å². The monoisotopic (exact) mass is 326 g/mol. The number of allylic oxidation sites excluding steroid dienone is 2. The largest absolute Gasteiger partial charge is 0.295 e. The maximum Gasteiger partial charge on any atom is 0.262 e. The van der Waals surface area contributed by atoms with Gasteiger partial charge in [-0.15, -0.1) is 0 Å². The third-order valence-electron chi connectivity index (χ3n) is 5.30. The molecule has 2 aliphatic heterocycles. The molecule has 2 fully saturated rings. The van der Waals surface area contributed by atoms with Crippen LogP contribution in [0.4, 0.5) is 0 Å². The van der Waals surface area contributed by atoms with Crippen molar-refractivity contribution in [2.75, 3.05) is 0 Å². The average molecular weight is 326 g/mol. The summed E-state index contributed by atoms with van der Waals surface area (Å²) in [5.41, 5.74) is -0.172. The molecule has 1 saturated heterocycles. The Hall–Kier alpha value is -2.50. The Balaban J connectivity index is 1.72. The number of hydrogen-bond acceptors (Lipinski definition) is 4. The van der Waals surface area contributed by atoms with Gasteiger partial charge in [0.1, 0.15) is 6.04 Å². The molecule has 124 valence electrons. The quantitative estimate of drug-likeness (QED) is 0.729. The number of carbonyl (C=O) groups excluding carboxylic acids is 4. The number of hydrogen-bond donors (Lipinski definition) is 1. The zero-order valence-electron chi connectivity index (χ0n) is 13.6. The highest BCUT2D eigenvalue weighted by Gasteiger charge is 2.62. The van der Waals surface area contributed by atoms with Gasteiger partial charge in [-0.1, -0.05) is 38.2 Å². The van der Waals surface area contributed by atoms with Crippen molar-refractivity contribution in [1.82, 2.24) is 10.2 Å². The molecule has 0 aromatic heterocycles. The number of nitrogens with one attached hydrogen (secondary N) is 1. The molecule has 1 saturated carbocycles. The third-order valence-corrected chi connectivity index (χ3v) is 5.30. The lowest BCUT2D eigenvalue weighted by atomic mass is 9.86. The van der Waals surface area contributed by atoms with E-state index in [-0.39, 0.29) is 17.7 Å². The molecule has 24 heavy (non-hydrogen) atoms. The lowest BCUT2D eigenvalue weighted by molar-refractivity contribution is -0.153. The van der Waals surface area contributed by atoms with Gasteiger partial charge in [0.2, 0.25) is 11.8 Å². The molecule has 1 spiro atoms. The molecule has 0 radical (unpaired) electrons. The molecule has 6 nitrogen and oxygen atoms in total. The van der Waals surface area contributed by atoms with Crippen LogP contribution in [0.25, 0.3) is 0 Å². The van der Waals surface area contributed by atoms with Gasteiger partial charge < -0.3 is 0 Å². The standard InChI is InChI=1S/C18H18N2O4/c1-17(2)5-3-10-11(4-6-17)16(24)20(15(10)23)13-14(22)19-12(21)9-18(13)7-8-18/h3-6,13H,7-9H2,1-2H3,(H,19,21,22). The van der Waals surface area contributed by atoms with Crippen molar-refractivity contribution < 1.29 is 19.2 Å². The van der Waals surface area contributed by atoms with E-state index < -0.39 is 29.2 Å². The van der Waals surface area contributed by atoms with Crippen LogP contribution >= 0.6 is 0 Å². The Bertz CT molecular complexity index is 758. The lowest BCUT2D eigenvalue weighted by Crippen LogP contribution is -2.60. The SMILES string of the molecule is CC1(C)C=CC2=C(C=C1)C(=O)N(C1C(=O)NC(=O)CC13CC3)C2=O. The third kappa shape index (κ3) is 2.02. The van der Waals surface area contributed by atoms with Crippen LogP contribution in [0.5, 0.6) is 0 Å². The van der Waals surface area contributed by atoms with Crippen LogP contribution in [-0.4, -0.2) is 34.6 Å². The first-order chi connectivity index (χ1) is 11.2. The average Bonchev–Trinajstić information content (AvgIpc) is 3.21. The van der Waals surface area contributed by atoms with Crippen LogP contribution in [-0.2, 0) is 19.2 Å². The van der Waals surface area contributed by atoms with Crippen molar-refractivity contribution in [2.24, 2.45) is 10.8 Å². The number of carbonyl (C=O) groups is 4. The summed E-state index contributed by atoms with van der Waals surface area (Å²) in [6, 6.07) is -0.892. The van der Waals surface area contributed by atoms with Crippen molar-refractivity contribution in [1.29, 1.82) is 0 Å². The molecule has 1 atom stereocenters. The number of nitrogens with zero attached hydrogens (tertiary/aromatic N) is 1. The van der Waals surface area contributed by atoms with Crippen molar-refractivity contribution >= 4 is 23.6 Å². The fraction of sp³-hybridized carbons (Fsp3) is 0.444. The molecule has 0 bridgehead atoms. The predicted octanol–water partition coefficient (Wildman–Crippen LogP) is 0.999. The minimum Gasteiger partial charge on any atom is -0.295 e. The van der Waals surface area contributed by atoms with E-state index in [1.54, 1.807) is 12.2 Å². The van der Waals surface area contributed by atoms with Gasteiger partial charge in [-0.3, -0.25) is 29.4 Å². The minimum atomic E-state index is -0.892. The number of imide groups is 2. The van der Waals surface area contributed by atoms with E-state index in [2.05, 4.69) is 5.32 Å². The van der Waals surface area contributed by atoms with E-state index in [0.29, 0.717) is 24.0 Å². The van der Waals surface area contributed by atoms with Gasteiger partial charge in [-0.25, -0.2) is 0 Å². The van der Waals surface area contributed by atoms with Crippen LogP contribution < -0.4 is 5.32 Å². The Morgan fingerprint density at radius 1 is 1.00 bits per heavy atom. The highest BCUT2D eigenvalue weighted by atomic mass is 16.2. The fourth-order valence-electron chi connectivity index (χ4n) is 3.74. The zero-order valence-corrected chi connectivity index (χ0v) is 13.6. The van der Waals surface area contributed by atoms with Crippen LogP contribution in [0.2, 0.25) is 0 Å². The molecule has 0 aromatic carbocycles. The van der Waals surface area contributed by atoms with Crippen molar-refractivity contribution in [3.05, 3.63) is 35.5 Å². The van der Waals surface area contributed by atoms with Crippen molar-refractivity contribution in [3.63, 3.8) is 0 Å². The number of amides is 4. The lowest BCUT2D eigenvalue weighted by Gasteiger charge is -2.35. The second-order valence-corrected chi connectivity index (χ2v) is 7.65. The molecule has 6 heteroatoms. The van der Waals surface area contributed by atoms with E-state index in [1.165, 1.54) is 0 Å². The summed E-state index contributed by atoms with van der Waals surface area (Å²) in [6.45, 7) is 3.96. The maximum atomic E-state index is 12.9. The molecule has 0 aromatic rings. The molecule has 1 N–H and O–H groups in total. The summed E-state index contributed by atoms with van der Waals surface area (Å²) >= 11 is 0. The second kappa shape index (κ2) is 4.53. The molecule has 4 amide bonds. The topological polar surface area (TPSA) is 83.6 Å². The van der Waals surface area contributed by atoms with Gasteiger partial charge >= 0.3 is 0 Å². The van der Waals surface area contributed by atoms with Gasteiger partial charge in [-0.05, 0) is 12.8 Å². The van der Waals surface area contributed by atoms with Gasteiger partial charge in [-0.2, -0.15) is 0 Å². The van der Waals surface area contributed by atoms with E-state index in [4.69, 9.17) is 0 Å². The van der Waals surface area contributed by atoms with Crippen molar-refractivity contribution in [2.45, 2.75) is 39.2 Å². The van der Waals surface area contributed by atoms with Crippen molar-refractivity contribution in [3.8, 4) is 0 Å². The highest BCUT2D eigenvalue weighted by molar-refractivity contribution is 6.24. The Kier molecular flexibility index (Phi) is 2.84. The summed E-state index contributed by atoms with van der Waals surface area (Å²) in [4.78, 5) is 50.8. The summed E-state index contributed by atoms with van der Waals surface area (Å²) < 4.78 is 0. The Labute approximate surface area is 139 Å². The molecule has 2 aliphatic carbocycles. The van der Waals surface area contributed by atoms with Gasteiger partial charge in [0.05, 0.1) is 11.1 Å². The Morgan fingerprint density at radius 2 is 1.54 bits per heavy atom. The van der Waals surface area contributed by atoms with Gasteiger partial charge in [0, 0.05) is 17.3 Å². The van der Waals surface area contributed by atoms with Crippen LogP contribution in [0.15, 0.2) is 35.5 Å². The summed E-state index contributed by atoms with van der Waals surface area (Å²) in [6.07, 6.45) is 8.62. The van der Waals surface area contributed by atoms with E-state index in [0.717, 1.165) is 4.90 Å². The molecule has 4 aliphatic rings.